The third-order valence-electron chi connectivity index (χ3n) is 10.2. The van der Waals surface area contributed by atoms with Gasteiger partial charge in [0.15, 0.2) is 5.82 Å². The molecule has 0 aliphatic heterocycles. The number of hydrogen-bond donors (Lipinski definition) is 0. The van der Waals surface area contributed by atoms with E-state index >= 15 is 0 Å². The van der Waals surface area contributed by atoms with Crippen LogP contribution in [0.5, 0.6) is 0 Å². The van der Waals surface area contributed by atoms with Gasteiger partial charge < -0.3 is 0 Å². The minimum atomic E-state index is 0.709. The second kappa shape index (κ2) is 13.8. The van der Waals surface area contributed by atoms with Gasteiger partial charge in [-0.25, -0.2) is 14.5 Å². The molecule has 0 aliphatic carbocycles. The molecule has 0 amide bonds. The highest BCUT2D eigenvalue weighted by Crippen LogP contribution is 2.42. The van der Waals surface area contributed by atoms with E-state index in [-0.39, 0.29) is 0 Å². The molecule has 55 heavy (non-hydrogen) atoms. The minimum Gasteiger partial charge on any atom is -0.231 e. The minimum absolute atomic E-state index is 0.709. The van der Waals surface area contributed by atoms with E-state index in [9.17, 15) is 0 Å². The van der Waals surface area contributed by atoms with Crippen LogP contribution >= 0.6 is 0 Å². The lowest BCUT2D eigenvalue weighted by Gasteiger charge is -2.13. The van der Waals surface area contributed by atoms with Gasteiger partial charge in [0.1, 0.15) is 5.69 Å². The van der Waals surface area contributed by atoms with Crippen molar-refractivity contribution in [3.05, 3.63) is 206 Å². The van der Waals surface area contributed by atoms with Gasteiger partial charge in [-0.15, -0.1) is 0 Å². The summed E-state index contributed by atoms with van der Waals surface area (Å²) in [7, 11) is 0. The van der Waals surface area contributed by atoms with Gasteiger partial charge in [-0.3, -0.25) is 0 Å². The average Bonchev–Trinajstić information content (AvgIpc) is 3.68. The predicted molar refractivity (Wildman–Crippen MR) is 226 cm³/mol. The number of benzene rings is 7. The molecule has 0 spiro atoms. The van der Waals surface area contributed by atoms with Gasteiger partial charge in [0.25, 0.3) is 0 Å². The molecule has 0 unspecified atom stereocenters. The zero-order valence-electron chi connectivity index (χ0n) is 29.9. The smallest absolute Gasteiger partial charge is 0.160 e. The molecule has 0 atom stereocenters. The van der Waals surface area contributed by atoms with Crippen LogP contribution < -0.4 is 0 Å². The van der Waals surface area contributed by atoms with Crippen molar-refractivity contribution in [2.24, 2.45) is 0 Å². The first-order chi connectivity index (χ1) is 27.3. The normalized spacial score (nSPS) is 11.3. The molecule has 10 rings (SSSR count). The Kier molecular flexibility index (Phi) is 8.12. The molecule has 0 saturated carbocycles. The number of fused-ring (bicyclic) bond motifs is 3. The first-order valence-corrected chi connectivity index (χ1v) is 18.5. The number of aromatic nitrogens is 4. The van der Waals surface area contributed by atoms with E-state index in [2.05, 4.69) is 174 Å². The molecule has 0 fully saturated rings. The van der Waals surface area contributed by atoms with Crippen molar-refractivity contribution in [2.45, 2.75) is 0 Å². The third kappa shape index (κ3) is 6.06. The standard InChI is InChI=1S/C51H34N4/c1-6-16-36(17-7-1)45-34-46(53-51(52-45)41-24-14-5-15-25-41)37-28-26-35(27-29-37)42-30-31-44-43(32-42)33-47(38-18-8-2-9-19-38)55-50(44)48(39-20-10-3-11-21-39)49(54-55)40-22-12-4-13-23-40/h1-34H. The van der Waals surface area contributed by atoms with Gasteiger partial charge in [-0.05, 0) is 40.3 Å². The van der Waals surface area contributed by atoms with Crippen molar-refractivity contribution in [1.82, 2.24) is 19.6 Å². The van der Waals surface area contributed by atoms with E-state index in [1.165, 1.54) is 0 Å². The van der Waals surface area contributed by atoms with Gasteiger partial charge in [0, 0.05) is 38.8 Å². The second-order valence-corrected chi connectivity index (χ2v) is 13.7. The maximum absolute atomic E-state index is 5.36. The predicted octanol–water partition coefficient (Wildman–Crippen LogP) is 12.9. The van der Waals surface area contributed by atoms with Crippen LogP contribution in [0.4, 0.5) is 0 Å². The Hall–Kier alpha value is -7.43. The SMILES string of the molecule is c1ccc(-c2cc(-c3ccc(-c4ccc5c(c4)cc(-c4ccccc4)n4nc(-c6ccccc6)c(-c6ccccc6)c54)cc3)nc(-c3ccccc3)n2)cc1. The van der Waals surface area contributed by atoms with Crippen molar-refractivity contribution in [3.8, 4) is 78.7 Å². The fourth-order valence-corrected chi connectivity index (χ4v) is 7.52. The van der Waals surface area contributed by atoms with Crippen LogP contribution in [-0.4, -0.2) is 19.6 Å². The van der Waals surface area contributed by atoms with Crippen LogP contribution in [-0.2, 0) is 0 Å². The lowest BCUT2D eigenvalue weighted by atomic mass is 9.95. The van der Waals surface area contributed by atoms with Gasteiger partial charge >= 0.3 is 0 Å². The van der Waals surface area contributed by atoms with E-state index in [0.717, 1.165) is 89.1 Å². The lowest BCUT2D eigenvalue weighted by Crippen LogP contribution is -1.96. The number of rotatable bonds is 7. The molecule has 0 N–H and O–H groups in total. The van der Waals surface area contributed by atoms with Crippen LogP contribution in [0.25, 0.3) is 95.0 Å². The van der Waals surface area contributed by atoms with Gasteiger partial charge in [0.05, 0.1) is 22.6 Å². The average molecular weight is 703 g/mol. The maximum Gasteiger partial charge on any atom is 0.160 e. The molecular formula is C51H34N4. The Labute approximate surface area is 319 Å². The van der Waals surface area contributed by atoms with E-state index < -0.39 is 0 Å². The highest BCUT2D eigenvalue weighted by atomic mass is 15.2. The first kappa shape index (κ1) is 32.2. The molecule has 0 bridgehead atoms. The molecular weight excluding hydrogens is 669 g/mol. The van der Waals surface area contributed by atoms with Crippen LogP contribution in [0.2, 0.25) is 0 Å². The summed E-state index contributed by atoms with van der Waals surface area (Å²) in [5.41, 5.74) is 14.7. The molecule has 4 nitrogen and oxygen atoms in total. The van der Waals surface area contributed by atoms with Crippen LogP contribution in [0.15, 0.2) is 206 Å². The highest BCUT2D eigenvalue weighted by Gasteiger charge is 2.22. The number of nitrogens with zero attached hydrogens (tertiary/aromatic N) is 4. The van der Waals surface area contributed by atoms with Gasteiger partial charge in [-0.2, -0.15) is 5.10 Å². The van der Waals surface area contributed by atoms with E-state index in [1.54, 1.807) is 0 Å². The Balaban J connectivity index is 1.12. The molecule has 10 aromatic rings. The summed E-state index contributed by atoms with van der Waals surface area (Å²) < 4.78 is 2.14. The summed E-state index contributed by atoms with van der Waals surface area (Å²) >= 11 is 0. The molecule has 7 aromatic carbocycles. The van der Waals surface area contributed by atoms with Crippen molar-refractivity contribution in [3.63, 3.8) is 0 Å². The first-order valence-electron chi connectivity index (χ1n) is 18.5. The van der Waals surface area contributed by atoms with Crippen LogP contribution in [0.3, 0.4) is 0 Å². The van der Waals surface area contributed by atoms with E-state index in [1.807, 2.05) is 36.4 Å². The van der Waals surface area contributed by atoms with E-state index in [0.29, 0.717) is 5.82 Å². The van der Waals surface area contributed by atoms with Crippen LogP contribution in [0, 0.1) is 0 Å². The van der Waals surface area contributed by atoms with Crippen molar-refractivity contribution in [1.29, 1.82) is 0 Å². The molecule has 3 heterocycles. The summed E-state index contributed by atoms with van der Waals surface area (Å²) in [5, 5.41) is 7.66. The van der Waals surface area contributed by atoms with Gasteiger partial charge in [0.2, 0.25) is 0 Å². The Bertz CT molecular complexity index is 2870. The maximum atomic E-state index is 5.36. The summed E-state index contributed by atoms with van der Waals surface area (Å²) in [6.45, 7) is 0. The molecule has 3 aromatic heterocycles. The molecule has 258 valence electrons. The highest BCUT2D eigenvalue weighted by molar-refractivity contribution is 6.09. The molecule has 0 aliphatic rings. The Morgan fingerprint density at radius 2 is 0.818 bits per heavy atom. The number of hydrogen-bond acceptors (Lipinski definition) is 3. The topological polar surface area (TPSA) is 43.1 Å². The van der Waals surface area contributed by atoms with Crippen molar-refractivity contribution in [2.75, 3.05) is 0 Å². The second-order valence-electron chi connectivity index (χ2n) is 13.7. The zero-order chi connectivity index (χ0) is 36.6. The Morgan fingerprint density at radius 1 is 0.345 bits per heavy atom. The summed E-state index contributed by atoms with van der Waals surface area (Å²) in [4.78, 5) is 10.0. The summed E-state index contributed by atoms with van der Waals surface area (Å²) in [5.74, 6) is 0.709. The van der Waals surface area contributed by atoms with Crippen molar-refractivity contribution >= 4 is 16.3 Å². The molecule has 0 radical (unpaired) electrons. The molecule has 4 heteroatoms. The lowest BCUT2D eigenvalue weighted by molar-refractivity contribution is 0.979. The monoisotopic (exact) mass is 702 g/mol. The number of pyridine rings is 1. The quantitative estimate of drug-likeness (QED) is 0.166. The van der Waals surface area contributed by atoms with Crippen LogP contribution in [0.1, 0.15) is 0 Å². The summed E-state index contributed by atoms with van der Waals surface area (Å²) in [6.07, 6.45) is 0. The Morgan fingerprint density at radius 3 is 1.42 bits per heavy atom. The van der Waals surface area contributed by atoms with Crippen molar-refractivity contribution < 1.29 is 0 Å². The van der Waals surface area contributed by atoms with Gasteiger partial charge in [-0.1, -0.05) is 188 Å². The van der Waals surface area contributed by atoms with E-state index in [4.69, 9.17) is 15.1 Å². The fourth-order valence-electron chi connectivity index (χ4n) is 7.52. The molecule has 0 saturated heterocycles. The summed E-state index contributed by atoms with van der Waals surface area (Å²) in [6, 6.07) is 72.1. The largest absolute Gasteiger partial charge is 0.231 e. The zero-order valence-corrected chi connectivity index (χ0v) is 29.9. The fraction of sp³-hybridized carbons (Fsp3) is 0. The third-order valence-corrected chi connectivity index (χ3v) is 10.2.